The number of amidine groups is 2. The van der Waals surface area contributed by atoms with E-state index in [9.17, 15) is 0 Å². The quantitative estimate of drug-likeness (QED) is 0.551. The smallest absolute Gasteiger partial charge is 0.168 e. The van der Waals surface area contributed by atoms with E-state index in [0.717, 1.165) is 41.3 Å². The number of rotatable bonds is 5. The number of nitrogens with one attached hydrogen (secondary N) is 1. The molecule has 2 aromatic rings. The summed E-state index contributed by atoms with van der Waals surface area (Å²) < 4.78 is 5.27. The van der Waals surface area contributed by atoms with Crippen molar-refractivity contribution in [3.05, 3.63) is 70.8 Å². The molecule has 0 aromatic heterocycles. The van der Waals surface area contributed by atoms with Gasteiger partial charge < -0.3 is 15.0 Å². The Kier molecular flexibility index (Phi) is 8.09. The first-order chi connectivity index (χ1) is 14.6. The molecule has 1 unspecified atom stereocenters. The summed E-state index contributed by atoms with van der Waals surface area (Å²) in [5.41, 5.74) is 4.90. The van der Waals surface area contributed by atoms with Crippen molar-refractivity contribution in [1.82, 2.24) is 4.90 Å². The second-order valence-electron chi connectivity index (χ2n) is 7.92. The third-order valence-corrected chi connectivity index (χ3v) is 7.35. The van der Waals surface area contributed by atoms with E-state index in [-0.39, 0.29) is 30.4 Å². The van der Waals surface area contributed by atoms with Crippen LogP contribution < -0.4 is 10.1 Å². The van der Waals surface area contributed by atoms with E-state index in [2.05, 4.69) is 58.9 Å². The number of aliphatic imine (C=N–C) groups is 2. The molecule has 3 aliphatic rings. The van der Waals surface area contributed by atoms with E-state index in [4.69, 9.17) is 14.7 Å². The number of para-hydroxylation sites is 1. The van der Waals surface area contributed by atoms with Gasteiger partial charge in [-0.05, 0) is 48.1 Å². The molecule has 0 fully saturated rings. The zero-order valence-corrected chi connectivity index (χ0v) is 21.2. The number of ether oxygens (including phenoxy) is 1. The second-order valence-corrected chi connectivity index (χ2v) is 9.72. The van der Waals surface area contributed by atoms with E-state index >= 15 is 0 Å². The number of nitrogens with zero attached hydrogens (tertiary/aromatic N) is 3. The van der Waals surface area contributed by atoms with Crippen LogP contribution in [-0.2, 0) is 13.0 Å². The standard InChI is InChI=1S/C23H24N4OS2.2ClH/c1-23(11-16-7-9-19(28-2)10-8-16)15-27-18(14-30-22(27)26-23)13-29-21-24-12-17-5-3-4-6-20(17)25-21;;/h3-10,14H,11-13,15H2,1-2H3,(H,24,25);2*1H. The summed E-state index contributed by atoms with van der Waals surface area (Å²) in [5, 5.41) is 7.80. The zero-order chi connectivity index (χ0) is 20.6. The lowest BCUT2D eigenvalue weighted by molar-refractivity contribution is 0.403. The van der Waals surface area contributed by atoms with Gasteiger partial charge in [0, 0.05) is 17.1 Å². The van der Waals surface area contributed by atoms with Gasteiger partial charge in [0.25, 0.3) is 0 Å². The van der Waals surface area contributed by atoms with Crippen molar-refractivity contribution in [2.45, 2.75) is 25.4 Å². The minimum atomic E-state index is -0.110. The molecule has 3 heterocycles. The molecule has 0 bridgehead atoms. The molecule has 0 spiro atoms. The average molecular weight is 510 g/mol. The Morgan fingerprint density at radius 1 is 1.16 bits per heavy atom. The van der Waals surface area contributed by atoms with Gasteiger partial charge in [-0.1, -0.05) is 53.9 Å². The fraction of sp³-hybridized carbons (Fsp3) is 0.304. The lowest BCUT2D eigenvalue weighted by Crippen LogP contribution is -2.34. The van der Waals surface area contributed by atoms with Crippen LogP contribution in [0.1, 0.15) is 18.1 Å². The first kappa shape index (κ1) is 24.8. The van der Waals surface area contributed by atoms with Crippen molar-refractivity contribution < 1.29 is 4.74 Å². The Morgan fingerprint density at radius 2 is 1.94 bits per heavy atom. The molecule has 5 nitrogen and oxygen atoms in total. The molecular formula is C23H26Cl2N4OS2. The number of benzene rings is 2. The minimum Gasteiger partial charge on any atom is -0.497 e. The van der Waals surface area contributed by atoms with E-state index in [1.807, 2.05) is 12.1 Å². The van der Waals surface area contributed by atoms with E-state index in [0.29, 0.717) is 0 Å². The van der Waals surface area contributed by atoms with Crippen LogP contribution in [0.2, 0.25) is 0 Å². The molecule has 32 heavy (non-hydrogen) atoms. The number of methoxy groups -OCH3 is 1. The highest BCUT2D eigenvalue weighted by atomic mass is 35.5. The van der Waals surface area contributed by atoms with Gasteiger partial charge in [0.2, 0.25) is 0 Å². The van der Waals surface area contributed by atoms with Gasteiger partial charge >= 0.3 is 0 Å². The van der Waals surface area contributed by atoms with Crippen LogP contribution >= 0.6 is 48.3 Å². The highest BCUT2D eigenvalue weighted by molar-refractivity contribution is 8.17. The predicted octanol–water partition coefficient (Wildman–Crippen LogP) is 5.81. The molecular weight excluding hydrogens is 483 g/mol. The second kappa shape index (κ2) is 10.4. The number of halogens is 2. The summed E-state index contributed by atoms with van der Waals surface area (Å²) >= 11 is 3.50. The molecule has 0 saturated heterocycles. The van der Waals surface area contributed by atoms with Gasteiger partial charge in [-0.25, -0.2) is 0 Å². The molecule has 0 amide bonds. The number of hydrogen-bond acceptors (Lipinski definition) is 7. The van der Waals surface area contributed by atoms with E-state index < -0.39 is 0 Å². The summed E-state index contributed by atoms with van der Waals surface area (Å²) in [6, 6.07) is 16.7. The van der Waals surface area contributed by atoms with Crippen molar-refractivity contribution in [3.8, 4) is 5.75 Å². The van der Waals surface area contributed by atoms with Crippen LogP contribution in [-0.4, -0.2) is 40.2 Å². The van der Waals surface area contributed by atoms with Crippen LogP contribution in [0.3, 0.4) is 0 Å². The van der Waals surface area contributed by atoms with E-state index in [1.54, 1.807) is 30.6 Å². The Bertz CT molecular complexity index is 1060. The summed E-state index contributed by atoms with van der Waals surface area (Å²) in [6.07, 6.45) is 0.920. The largest absolute Gasteiger partial charge is 0.497 e. The molecule has 1 atom stereocenters. The minimum absolute atomic E-state index is 0. The van der Waals surface area contributed by atoms with Crippen molar-refractivity contribution in [1.29, 1.82) is 0 Å². The van der Waals surface area contributed by atoms with Crippen LogP contribution in [0.5, 0.6) is 5.75 Å². The van der Waals surface area contributed by atoms with Crippen molar-refractivity contribution in [3.63, 3.8) is 0 Å². The van der Waals surface area contributed by atoms with Gasteiger partial charge in [0.1, 0.15) is 5.75 Å². The van der Waals surface area contributed by atoms with Gasteiger partial charge in [0.05, 0.1) is 25.7 Å². The van der Waals surface area contributed by atoms with Crippen LogP contribution in [0, 0.1) is 0 Å². The Balaban J connectivity index is 0.00000144. The topological polar surface area (TPSA) is 49.2 Å². The Hall–Kier alpha value is -1.80. The third-order valence-electron chi connectivity index (χ3n) is 5.50. The number of fused-ring (bicyclic) bond motifs is 2. The Labute approximate surface area is 210 Å². The van der Waals surface area contributed by atoms with Crippen molar-refractivity contribution >= 4 is 64.4 Å². The highest BCUT2D eigenvalue weighted by Gasteiger charge is 2.39. The summed E-state index contributed by atoms with van der Waals surface area (Å²) in [7, 11) is 1.70. The van der Waals surface area contributed by atoms with Gasteiger partial charge in [-0.3, -0.25) is 9.98 Å². The first-order valence-electron chi connectivity index (χ1n) is 10.0. The third kappa shape index (κ3) is 5.22. The number of hydrogen-bond donors (Lipinski definition) is 1. The monoisotopic (exact) mass is 508 g/mol. The lowest BCUT2D eigenvalue weighted by atomic mass is 9.94. The number of thioether (sulfide) groups is 2. The maximum Gasteiger partial charge on any atom is 0.168 e. The maximum atomic E-state index is 5.27. The highest BCUT2D eigenvalue weighted by Crippen LogP contribution is 2.38. The predicted molar refractivity (Wildman–Crippen MR) is 143 cm³/mol. The van der Waals surface area contributed by atoms with Gasteiger partial charge in [0.15, 0.2) is 10.3 Å². The summed E-state index contributed by atoms with van der Waals surface area (Å²) in [6.45, 7) is 3.91. The molecule has 0 aliphatic carbocycles. The zero-order valence-electron chi connectivity index (χ0n) is 17.9. The Morgan fingerprint density at radius 3 is 2.72 bits per heavy atom. The molecule has 0 radical (unpaired) electrons. The molecule has 9 heteroatoms. The fourth-order valence-electron chi connectivity index (χ4n) is 3.94. The van der Waals surface area contributed by atoms with Gasteiger partial charge in [-0.15, -0.1) is 24.8 Å². The lowest BCUT2D eigenvalue weighted by Gasteiger charge is -2.25. The normalized spacial score (nSPS) is 20.6. The van der Waals surface area contributed by atoms with Crippen molar-refractivity contribution in [2.75, 3.05) is 24.7 Å². The van der Waals surface area contributed by atoms with Gasteiger partial charge in [-0.2, -0.15) is 0 Å². The maximum absolute atomic E-state index is 5.27. The molecule has 0 saturated carbocycles. The SMILES string of the molecule is COc1ccc(CC2(C)CN3C(CSC4=NCc5ccccc5N4)=CSC3=N2)cc1.Cl.Cl. The molecule has 170 valence electrons. The van der Waals surface area contributed by atoms with Crippen molar-refractivity contribution in [2.24, 2.45) is 9.98 Å². The van der Waals surface area contributed by atoms with E-state index in [1.165, 1.54) is 22.5 Å². The molecule has 5 rings (SSSR count). The molecule has 3 aliphatic heterocycles. The fourth-order valence-corrected chi connectivity index (χ4v) is 5.94. The number of anilines is 1. The average Bonchev–Trinajstić information content (AvgIpc) is 3.29. The van der Waals surface area contributed by atoms with Crippen LogP contribution in [0.25, 0.3) is 0 Å². The van der Waals surface area contributed by atoms with Crippen LogP contribution in [0.4, 0.5) is 5.69 Å². The molecule has 2 aromatic carbocycles. The van der Waals surface area contributed by atoms with Crippen LogP contribution in [0.15, 0.2) is 69.6 Å². The summed E-state index contributed by atoms with van der Waals surface area (Å²) in [5.74, 6) is 1.78. The summed E-state index contributed by atoms with van der Waals surface area (Å²) in [4.78, 5) is 12.1. The molecule has 1 N–H and O–H groups in total. The first-order valence-corrected chi connectivity index (χ1v) is 11.9.